The Kier molecular flexibility index (Phi) is 5.58. The molecule has 2 aliphatic rings. The third kappa shape index (κ3) is 3.71. The van der Waals surface area contributed by atoms with Gasteiger partial charge < -0.3 is 9.80 Å². The van der Waals surface area contributed by atoms with Gasteiger partial charge in [0.15, 0.2) is 0 Å². The highest BCUT2D eigenvalue weighted by atomic mass is 19.1. The summed E-state index contributed by atoms with van der Waals surface area (Å²) in [4.78, 5) is 30.1. The first-order valence-corrected chi connectivity index (χ1v) is 10.5. The van der Waals surface area contributed by atoms with Crippen LogP contribution in [0.2, 0.25) is 0 Å². The van der Waals surface area contributed by atoms with Crippen molar-refractivity contribution in [1.29, 1.82) is 0 Å². The second-order valence-electron chi connectivity index (χ2n) is 8.31. The summed E-state index contributed by atoms with van der Waals surface area (Å²) in [5, 5.41) is 0. The summed E-state index contributed by atoms with van der Waals surface area (Å²) in [6.45, 7) is 3.19. The molecule has 4 nitrogen and oxygen atoms in total. The standard InChI is InChI=1S/C24H26F2N2O2/c1-17-4-9-20(10-5-17)27-14-2-12-24(23(27)30)13-3-15-28(24)22(29)11-7-18-6-8-19(25)16-21(18)26/h4-6,8-10,16H,2-3,7,11-15H2,1H3. The van der Waals surface area contributed by atoms with Gasteiger partial charge >= 0.3 is 0 Å². The van der Waals surface area contributed by atoms with E-state index in [-0.39, 0.29) is 24.7 Å². The number of rotatable bonds is 4. The molecule has 1 spiro atoms. The molecule has 2 aromatic carbocycles. The molecule has 0 saturated carbocycles. The number of hydrogen-bond acceptors (Lipinski definition) is 2. The number of carbonyl (C=O) groups is 2. The minimum absolute atomic E-state index is 0.0172. The fourth-order valence-corrected chi connectivity index (χ4v) is 4.79. The van der Waals surface area contributed by atoms with Gasteiger partial charge in [0.1, 0.15) is 17.2 Å². The largest absolute Gasteiger partial charge is 0.328 e. The molecule has 2 aliphatic heterocycles. The Morgan fingerprint density at radius 1 is 1.03 bits per heavy atom. The van der Waals surface area contributed by atoms with Gasteiger partial charge in [0.2, 0.25) is 5.91 Å². The Labute approximate surface area is 175 Å². The van der Waals surface area contributed by atoms with Crippen molar-refractivity contribution < 1.29 is 18.4 Å². The lowest BCUT2D eigenvalue weighted by Crippen LogP contribution is -2.61. The van der Waals surface area contributed by atoms with Crippen molar-refractivity contribution in [3.63, 3.8) is 0 Å². The zero-order chi connectivity index (χ0) is 21.3. The summed E-state index contributed by atoms with van der Waals surface area (Å²) in [5.41, 5.74) is 1.50. The molecule has 2 fully saturated rings. The monoisotopic (exact) mass is 412 g/mol. The molecule has 30 heavy (non-hydrogen) atoms. The summed E-state index contributed by atoms with van der Waals surface area (Å²) in [6.07, 6.45) is 3.21. The van der Waals surface area contributed by atoms with Crippen LogP contribution in [0, 0.1) is 18.6 Å². The minimum Gasteiger partial charge on any atom is -0.328 e. The maximum atomic E-state index is 13.9. The molecule has 1 unspecified atom stereocenters. The van der Waals surface area contributed by atoms with Gasteiger partial charge in [0, 0.05) is 31.3 Å². The molecule has 6 heteroatoms. The number of nitrogens with zero attached hydrogens (tertiary/aromatic N) is 2. The van der Waals surface area contributed by atoms with Crippen LogP contribution in [0.4, 0.5) is 14.5 Å². The fraction of sp³-hybridized carbons (Fsp3) is 0.417. The topological polar surface area (TPSA) is 40.6 Å². The van der Waals surface area contributed by atoms with Gasteiger partial charge in [0.25, 0.3) is 5.91 Å². The number of carbonyl (C=O) groups excluding carboxylic acids is 2. The maximum Gasteiger partial charge on any atom is 0.252 e. The highest BCUT2D eigenvalue weighted by molar-refractivity contribution is 6.03. The molecule has 0 N–H and O–H groups in total. The van der Waals surface area contributed by atoms with Crippen molar-refractivity contribution in [1.82, 2.24) is 4.90 Å². The van der Waals surface area contributed by atoms with E-state index < -0.39 is 17.2 Å². The van der Waals surface area contributed by atoms with Crippen molar-refractivity contribution in [3.05, 3.63) is 65.2 Å². The normalized spacial score (nSPS) is 21.5. The first-order valence-electron chi connectivity index (χ1n) is 10.5. The number of halogens is 2. The van der Waals surface area contributed by atoms with Crippen LogP contribution in [0.3, 0.4) is 0 Å². The quantitative estimate of drug-likeness (QED) is 0.747. The molecule has 0 aliphatic carbocycles. The maximum absolute atomic E-state index is 13.9. The van der Waals surface area contributed by atoms with E-state index in [0.29, 0.717) is 31.5 Å². The average molecular weight is 412 g/mol. The van der Waals surface area contributed by atoms with Crippen LogP contribution >= 0.6 is 0 Å². The lowest BCUT2D eigenvalue weighted by Gasteiger charge is -2.44. The Morgan fingerprint density at radius 2 is 1.73 bits per heavy atom. The van der Waals surface area contributed by atoms with E-state index in [1.165, 1.54) is 12.1 Å². The van der Waals surface area contributed by atoms with Crippen LogP contribution in [0.15, 0.2) is 42.5 Å². The highest BCUT2D eigenvalue weighted by Crippen LogP contribution is 2.40. The molecule has 2 heterocycles. The lowest BCUT2D eigenvalue weighted by molar-refractivity contribution is -0.145. The number of hydrogen-bond donors (Lipinski definition) is 0. The molecule has 0 radical (unpaired) electrons. The van der Waals surface area contributed by atoms with E-state index in [1.807, 2.05) is 31.2 Å². The van der Waals surface area contributed by atoms with Crippen LogP contribution in [-0.4, -0.2) is 35.3 Å². The smallest absolute Gasteiger partial charge is 0.252 e. The third-order valence-corrected chi connectivity index (χ3v) is 6.37. The van der Waals surface area contributed by atoms with E-state index in [4.69, 9.17) is 0 Å². The summed E-state index contributed by atoms with van der Waals surface area (Å²) in [5.74, 6) is -1.44. The van der Waals surface area contributed by atoms with Gasteiger partial charge in [0.05, 0.1) is 0 Å². The highest BCUT2D eigenvalue weighted by Gasteiger charge is 2.52. The second-order valence-corrected chi connectivity index (χ2v) is 8.31. The molecule has 1 atom stereocenters. The van der Waals surface area contributed by atoms with E-state index in [9.17, 15) is 18.4 Å². The molecule has 0 aromatic heterocycles. The van der Waals surface area contributed by atoms with Gasteiger partial charge in [-0.25, -0.2) is 8.78 Å². The molecule has 0 bridgehead atoms. The molecule has 2 amide bonds. The van der Waals surface area contributed by atoms with Crippen molar-refractivity contribution >= 4 is 17.5 Å². The van der Waals surface area contributed by atoms with E-state index in [1.54, 1.807) is 9.80 Å². The summed E-state index contributed by atoms with van der Waals surface area (Å²) in [6, 6.07) is 11.3. The van der Waals surface area contributed by atoms with Crippen LogP contribution < -0.4 is 4.90 Å². The molecular weight excluding hydrogens is 386 g/mol. The molecular formula is C24H26F2N2O2. The Bertz CT molecular complexity index is 960. The first kappa shape index (κ1) is 20.5. The predicted molar refractivity (Wildman–Crippen MR) is 111 cm³/mol. The van der Waals surface area contributed by atoms with Gasteiger partial charge in [-0.3, -0.25) is 9.59 Å². The van der Waals surface area contributed by atoms with Crippen molar-refractivity contribution in [2.24, 2.45) is 0 Å². The van der Waals surface area contributed by atoms with Gasteiger partial charge in [-0.1, -0.05) is 23.8 Å². The predicted octanol–water partition coefficient (Wildman–Crippen LogP) is 4.39. The van der Waals surface area contributed by atoms with E-state index in [0.717, 1.165) is 30.2 Å². The summed E-state index contributed by atoms with van der Waals surface area (Å²) >= 11 is 0. The summed E-state index contributed by atoms with van der Waals surface area (Å²) in [7, 11) is 0. The Hall–Kier alpha value is -2.76. The molecule has 2 aromatic rings. The number of piperidine rings is 1. The molecule has 2 saturated heterocycles. The Balaban J connectivity index is 1.51. The summed E-state index contributed by atoms with van der Waals surface area (Å²) < 4.78 is 27.0. The van der Waals surface area contributed by atoms with Gasteiger partial charge in [-0.05, 0) is 62.8 Å². The van der Waals surface area contributed by atoms with Crippen LogP contribution in [0.1, 0.15) is 43.2 Å². The SMILES string of the molecule is Cc1ccc(N2CCCC3(CCCN3C(=O)CCc3ccc(F)cc3F)C2=O)cc1. The number of likely N-dealkylation sites (tertiary alicyclic amines) is 1. The van der Waals surface area contributed by atoms with Crippen molar-refractivity contribution in [2.45, 2.75) is 51.0 Å². The molecule has 4 rings (SSSR count). The van der Waals surface area contributed by atoms with E-state index in [2.05, 4.69) is 0 Å². The lowest BCUT2D eigenvalue weighted by atomic mass is 9.84. The Morgan fingerprint density at radius 3 is 2.43 bits per heavy atom. The van der Waals surface area contributed by atoms with E-state index >= 15 is 0 Å². The first-order chi connectivity index (χ1) is 14.4. The fourth-order valence-electron chi connectivity index (χ4n) is 4.79. The van der Waals surface area contributed by atoms with Gasteiger partial charge in [-0.15, -0.1) is 0 Å². The number of benzene rings is 2. The average Bonchev–Trinajstić information content (AvgIpc) is 3.14. The van der Waals surface area contributed by atoms with Crippen LogP contribution in [0.25, 0.3) is 0 Å². The third-order valence-electron chi connectivity index (χ3n) is 6.37. The van der Waals surface area contributed by atoms with Crippen LogP contribution in [0.5, 0.6) is 0 Å². The number of anilines is 1. The number of amides is 2. The number of aryl methyl sites for hydroxylation is 2. The minimum atomic E-state index is -0.804. The van der Waals surface area contributed by atoms with Gasteiger partial charge in [-0.2, -0.15) is 0 Å². The van der Waals surface area contributed by atoms with Crippen LogP contribution in [-0.2, 0) is 16.0 Å². The zero-order valence-electron chi connectivity index (χ0n) is 17.2. The van der Waals surface area contributed by atoms with Crippen molar-refractivity contribution in [3.8, 4) is 0 Å². The van der Waals surface area contributed by atoms with Crippen molar-refractivity contribution in [2.75, 3.05) is 18.0 Å². The second kappa shape index (κ2) is 8.17. The molecule has 158 valence electrons. The zero-order valence-corrected chi connectivity index (χ0v) is 17.2.